The third-order valence-corrected chi connectivity index (χ3v) is 6.15. The maximum absolute atomic E-state index is 13.1. The number of fused-ring (bicyclic) bond motifs is 1. The highest BCUT2D eigenvalue weighted by Crippen LogP contribution is 2.27. The molecule has 0 aliphatic rings. The Hall–Kier alpha value is -1.65. The van der Waals surface area contributed by atoms with Crippen molar-refractivity contribution in [3.8, 4) is 0 Å². The molecule has 0 fully saturated rings. The van der Waals surface area contributed by atoms with Gasteiger partial charge in [0.15, 0.2) is 0 Å². The van der Waals surface area contributed by atoms with Gasteiger partial charge in [-0.05, 0) is 30.2 Å². The maximum Gasteiger partial charge on any atom is 0.261 e. The van der Waals surface area contributed by atoms with Crippen molar-refractivity contribution in [2.24, 2.45) is 0 Å². The molecule has 0 amide bonds. The molecule has 130 valence electrons. The molecule has 0 aliphatic carbocycles. The molecular formula is C20H20BrClN2O. The van der Waals surface area contributed by atoms with Crippen LogP contribution >= 0.6 is 27.5 Å². The predicted octanol–water partition coefficient (Wildman–Crippen LogP) is 5.38. The lowest BCUT2D eigenvalue weighted by Crippen LogP contribution is -2.29. The summed E-state index contributed by atoms with van der Waals surface area (Å²) in [5.41, 5.74) is 1.71. The highest BCUT2D eigenvalue weighted by molar-refractivity contribution is 9.09. The SMILES string of the molecule is CCC(Br)C(C)c1nc2cc(Cl)ccc2c(=O)n1Cc1ccccc1. The molecule has 0 aliphatic heterocycles. The van der Waals surface area contributed by atoms with Crippen molar-refractivity contribution in [3.05, 3.63) is 75.3 Å². The summed E-state index contributed by atoms with van der Waals surface area (Å²) < 4.78 is 1.79. The Morgan fingerprint density at radius 3 is 2.60 bits per heavy atom. The first-order valence-electron chi connectivity index (χ1n) is 8.39. The van der Waals surface area contributed by atoms with Crippen LogP contribution in [0.25, 0.3) is 10.9 Å². The van der Waals surface area contributed by atoms with Gasteiger partial charge >= 0.3 is 0 Å². The monoisotopic (exact) mass is 418 g/mol. The minimum absolute atomic E-state index is 0.0248. The molecule has 1 heterocycles. The van der Waals surface area contributed by atoms with Crippen LogP contribution in [-0.2, 0) is 6.54 Å². The molecule has 0 saturated heterocycles. The van der Waals surface area contributed by atoms with Gasteiger partial charge in [-0.15, -0.1) is 0 Å². The van der Waals surface area contributed by atoms with Gasteiger partial charge in [0, 0.05) is 15.8 Å². The van der Waals surface area contributed by atoms with Gasteiger partial charge in [0.05, 0.1) is 17.4 Å². The standard InChI is InChI=1S/C20H20BrClN2O/c1-3-17(21)13(2)19-23-18-11-15(22)9-10-16(18)20(25)24(19)12-14-7-5-4-6-8-14/h4-11,13,17H,3,12H2,1-2H3. The molecule has 3 nitrogen and oxygen atoms in total. The third kappa shape index (κ3) is 3.80. The molecule has 5 heteroatoms. The fourth-order valence-corrected chi connectivity index (χ4v) is 3.40. The highest BCUT2D eigenvalue weighted by Gasteiger charge is 2.22. The quantitative estimate of drug-likeness (QED) is 0.521. The fraction of sp³-hybridized carbons (Fsp3) is 0.300. The van der Waals surface area contributed by atoms with Crippen molar-refractivity contribution < 1.29 is 0 Å². The normalized spacial score (nSPS) is 13.8. The molecule has 0 bridgehead atoms. The number of benzene rings is 2. The first-order chi connectivity index (χ1) is 12.0. The van der Waals surface area contributed by atoms with E-state index in [0.717, 1.165) is 17.8 Å². The van der Waals surface area contributed by atoms with E-state index in [0.29, 0.717) is 22.5 Å². The lowest BCUT2D eigenvalue weighted by molar-refractivity contribution is 0.583. The number of nitrogens with zero attached hydrogens (tertiary/aromatic N) is 2. The molecule has 0 N–H and O–H groups in total. The molecule has 2 aromatic carbocycles. The number of halogens is 2. The van der Waals surface area contributed by atoms with Gasteiger partial charge in [-0.25, -0.2) is 4.98 Å². The Labute approximate surface area is 160 Å². The molecule has 2 atom stereocenters. The Morgan fingerprint density at radius 1 is 1.20 bits per heavy atom. The van der Waals surface area contributed by atoms with Gasteiger partial charge < -0.3 is 0 Å². The zero-order valence-electron chi connectivity index (χ0n) is 14.2. The first-order valence-corrected chi connectivity index (χ1v) is 9.68. The van der Waals surface area contributed by atoms with Crippen molar-refractivity contribution in [1.82, 2.24) is 9.55 Å². The second-order valence-corrected chi connectivity index (χ2v) is 7.83. The van der Waals surface area contributed by atoms with Crippen LogP contribution in [0, 0.1) is 0 Å². The van der Waals surface area contributed by atoms with E-state index in [1.54, 1.807) is 22.8 Å². The maximum atomic E-state index is 13.1. The van der Waals surface area contributed by atoms with Gasteiger partial charge in [0.1, 0.15) is 5.82 Å². The van der Waals surface area contributed by atoms with E-state index in [2.05, 4.69) is 29.8 Å². The van der Waals surface area contributed by atoms with Crippen LogP contribution < -0.4 is 5.56 Å². The fourth-order valence-electron chi connectivity index (χ4n) is 2.99. The smallest absolute Gasteiger partial charge is 0.261 e. The molecule has 0 radical (unpaired) electrons. The topological polar surface area (TPSA) is 34.9 Å². The molecular weight excluding hydrogens is 400 g/mol. The van der Waals surface area contributed by atoms with E-state index >= 15 is 0 Å². The van der Waals surface area contributed by atoms with Gasteiger partial charge in [-0.1, -0.05) is 71.7 Å². The van der Waals surface area contributed by atoms with E-state index in [1.165, 1.54) is 0 Å². The summed E-state index contributed by atoms with van der Waals surface area (Å²) in [7, 11) is 0. The third-order valence-electron chi connectivity index (χ3n) is 4.47. The zero-order chi connectivity index (χ0) is 18.0. The van der Waals surface area contributed by atoms with Gasteiger partial charge in [-0.2, -0.15) is 0 Å². The lowest BCUT2D eigenvalue weighted by Gasteiger charge is -2.21. The van der Waals surface area contributed by atoms with Gasteiger partial charge in [-0.3, -0.25) is 9.36 Å². The van der Waals surface area contributed by atoms with Gasteiger partial charge in [0.2, 0.25) is 0 Å². The van der Waals surface area contributed by atoms with Crippen molar-refractivity contribution in [2.75, 3.05) is 0 Å². The highest BCUT2D eigenvalue weighted by atomic mass is 79.9. The number of hydrogen-bond donors (Lipinski definition) is 0. The molecule has 3 aromatic rings. The molecule has 0 saturated carbocycles. The number of alkyl halides is 1. The van der Waals surface area contributed by atoms with E-state index in [4.69, 9.17) is 16.6 Å². The predicted molar refractivity (Wildman–Crippen MR) is 108 cm³/mol. The molecule has 3 rings (SSSR count). The van der Waals surface area contributed by atoms with E-state index in [1.807, 2.05) is 30.3 Å². The second kappa shape index (κ2) is 7.71. The Kier molecular flexibility index (Phi) is 5.60. The summed E-state index contributed by atoms with van der Waals surface area (Å²) in [6.07, 6.45) is 0.954. The summed E-state index contributed by atoms with van der Waals surface area (Å²) in [5.74, 6) is 0.886. The van der Waals surface area contributed by atoms with E-state index < -0.39 is 0 Å². The van der Waals surface area contributed by atoms with Crippen molar-refractivity contribution in [2.45, 2.75) is 37.6 Å². The minimum Gasteiger partial charge on any atom is -0.291 e. The summed E-state index contributed by atoms with van der Waals surface area (Å²) in [6, 6.07) is 15.3. The van der Waals surface area contributed by atoms with E-state index in [9.17, 15) is 4.79 Å². The Balaban J connectivity index is 2.22. The number of aromatic nitrogens is 2. The second-order valence-electron chi connectivity index (χ2n) is 6.22. The van der Waals surface area contributed by atoms with Crippen LogP contribution in [0.15, 0.2) is 53.3 Å². The van der Waals surface area contributed by atoms with Crippen LogP contribution in [0.2, 0.25) is 5.02 Å². The molecule has 2 unspecified atom stereocenters. The Morgan fingerprint density at radius 2 is 1.92 bits per heavy atom. The van der Waals surface area contributed by atoms with E-state index in [-0.39, 0.29) is 16.3 Å². The number of hydrogen-bond acceptors (Lipinski definition) is 2. The lowest BCUT2D eigenvalue weighted by atomic mass is 10.0. The van der Waals surface area contributed by atoms with Crippen LogP contribution in [0.3, 0.4) is 0 Å². The molecule has 0 spiro atoms. The zero-order valence-corrected chi connectivity index (χ0v) is 16.6. The van der Waals surface area contributed by atoms with Gasteiger partial charge in [0.25, 0.3) is 5.56 Å². The summed E-state index contributed by atoms with van der Waals surface area (Å²) in [4.78, 5) is 18.2. The summed E-state index contributed by atoms with van der Waals surface area (Å²) >= 11 is 9.82. The average molecular weight is 420 g/mol. The van der Waals surface area contributed by atoms with Crippen LogP contribution in [0.4, 0.5) is 0 Å². The summed E-state index contributed by atoms with van der Waals surface area (Å²) in [5, 5.41) is 1.18. The Bertz CT molecular complexity index is 940. The van der Waals surface area contributed by atoms with Crippen molar-refractivity contribution in [1.29, 1.82) is 0 Å². The first kappa shape index (κ1) is 18.2. The molecule has 1 aromatic heterocycles. The largest absolute Gasteiger partial charge is 0.291 e. The van der Waals surface area contributed by atoms with Crippen molar-refractivity contribution in [3.63, 3.8) is 0 Å². The average Bonchev–Trinajstić information content (AvgIpc) is 2.63. The summed E-state index contributed by atoms with van der Waals surface area (Å²) in [6.45, 7) is 4.73. The van der Waals surface area contributed by atoms with Crippen LogP contribution in [0.1, 0.15) is 37.6 Å². The van der Waals surface area contributed by atoms with Crippen LogP contribution in [-0.4, -0.2) is 14.4 Å². The minimum atomic E-state index is -0.0248. The van der Waals surface area contributed by atoms with Crippen molar-refractivity contribution >= 4 is 38.4 Å². The van der Waals surface area contributed by atoms with Crippen LogP contribution in [0.5, 0.6) is 0 Å². The number of rotatable bonds is 5. The molecule has 25 heavy (non-hydrogen) atoms.